The van der Waals surface area contributed by atoms with E-state index in [1.165, 1.54) is 17.6 Å². The standard InChI is InChI=1S/C14H19NO.C12H19NO5/c1-2-13-11-15(9-8-14(13)16)10-12-6-4-3-5-7-12;1-12(2,3)18-11(16)13-6-5-9(14)8(7-13)10(15)17-4/h3-7,13H,2,8-11H2,1H3;8H,5-7H2,1-4H3. The van der Waals surface area contributed by atoms with Gasteiger partial charge in [0.2, 0.25) is 0 Å². The molecule has 2 heterocycles. The summed E-state index contributed by atoms with van der Waals surface area (Å²) in [5, 5.41) is 0. The molecule has 188 valence electrons. The topological polar surface area (TPSA) is 93.2 Å². The maximum absolute atomic E-state index is 11.8. The molecule has 2 fully saturated rings. The zero-order valence-electron chi connectivity index (χ0n) is 21.0. The molecule has 8 heteroatoms. The van der Waals surface area contributed by atoms with E-state index in [2.05, 4.69) is 40.8 Å². The lowest BCUT2D eigenvalue weighted by Crippen LogP contribution is -2.48. The summed E-state index contributed by atoms with van der Waals surface area (Å²) in [6, 6.07) is 10.5. The van der Waals surface area contributed by atoms with Crippen LogP contribution in [0.25, 0.3) is 0 Å². The molecule has 0 N–H and O–H groups in total. The SMILES string of the molecule is CCC1CN(Cc2ccccc2)CCC1=O.COC(=O)C1CN(C(=O)OC(C)(C)C)CCC1=O. The smallest absolute Gasteiger partial charge is 0.410 e. The molecular weight excluding hydrogens is 436 g/mol. The van der Waals surface area contributed by atoms with Gasteiger partial charge in [0.1, 0.15) is 17.3 Å². The van der Waals surface area contributed by atoms with Gasteiger partial charge in [-0.15, -0.1) is 0 Å². The fraction of sp³-hybridized carbons (Fsp3) is 0.615. The van der Waals surface area contributed by atoms with Crippen LogP contribution in [0.4, 0.5) is 4.79 Å². The molecule has 2 atom stereocenters. The summed E-state index contributed by atoms with van der Waals surface area (Å²) in [4.78, 5) is 50.2. The number of hydrogen-bond donors (Lipinski definition) is 0. The minimum absolute atomic E-state index is 0.0282. The van der Waals surface area contributed by atoms with Crippen molar-refractivity contribution in [3.8, 4) is 0 Å². The lowest BCUT2D eigenvalue weighted by atomic mass is 9.94. The molecule has 3 rings (SSSR count). The van der Waals surface area contributed by atoms with E-state index in [0.717, 1.165) is 32.5 Å². The Balaban J connectivity index is 0.000000241. The Hall–Kier alpha value is -2.74. The number of carbonyl (C=O) groups excluding carboxylic acids is 4. The molecule has 0 aliphatic carbocycles. The van der Waals surface area contributed by atoms with Crippen LogP contribution in [-0.4, -0.2) is 72.3 Å². The molecule has 2 aliphatic heterocycles. The largest absolute Gasteiger partial charge is 0.468 e. The predicted molar refractivity (Wildman–Crippen MR) is 128 cm³/mol. The predicted octanol–water partition coefficient (Wildman–Crippen LogP) is 3.47. The number of rotatable bonds is 4. The fourth-order valence-electron chi connectivity index (χ4n) is 3.99. The number of likely N-dealkylation sites (tertiary alicyclic amines) is 2. The maximum atomic E-state index is 11.8. The van der Waals surface area contributed by atoms with E-state index in [0.29, 0.717) is 5.78 Å². The molecule has 0 radical (unpaired) electrons. The molecule has 2 unspecified atom stereocenters. The Morgan fingerprint density at radius 1 is 1.00 bits per heavy atom. The molecule has 1 aromatic rings. The third-order valence-corrected chi connectivity index (χ3v) is 5.91. The van der Waals surface area contributed by atoms with Crippen molar-refractivity contribution in [1.29, 1.82) is 0 Å². The monoisotopic (exact) mass is 474 g/mol. The summed E-state index contributed by atoms with van der Waals surface area (Å²) < 4.78 is 9.75. The zero-order valence-corrected chi connectivity index (χ0v) is 21.0. The number of amides is 1. The molecule has 1 aromatic carbocycles. The number of esters is 1. The van der Waals surface area contributed by atoms with Gasteiger partial charge in [0.05, 0.1) is 7.11 Å². The van der Waals surface area contributed by atoms with Gasteiger partial charge in [-0.3, -0.25) is 19.3 Å². The molecule has 0 bridgehead atoms. The number of hydrogen-bond acceptors (Lipinski definition) is 7. The van der Waals surface area contributed by atoms with Gasteiger partial charge in [0.25, 0.3) is 0 Å². The van der Waals surface area contributed by atoms with Gasteiger partial charge < -0.3 is 14.4 Å². The quantitative estimate of drug-likeness (QED) is 0.487. The molecule has 0 spiro atoms. The second kappa shape index (κ2) is 12.6. The van der Waals surface area contributed by atoms with Gasteiger partial charge >= 0.3 is 12.1 Å². The van der Waals surface area contributed by atoms with E-state index >= 15 is 0 Å². The van der Waals surface area contributed by atoms with Crippen LogP contribution in [0, 0.1) is 11.8 Å². The van der Waals surface area contributed by atoms with Crippen LogP contribution < -0.4 is 0 Å². The third kappa shape index (κ3) is 8.56. The van der Waals surface area contributed by atoms with E-state index in [1.807, 2.05) is 6.07 Å². The number of methoxy groups -OCH3 is 1. The van der Waals surface area contributed by atoms with Crippen LogP contribution in [-0.2, 0) is 30.4 Å². The lowest BCUT2D eigenvalue weighted by Gasteiger charge is -2.32. The molecule has 1 amide bonds. The number of benzene rings is 1. The summed E-state index contributed by atoms with van der Waals surface area (Å²) in [5.74, 6) is -0.976. The first-order valence-corrected chi connectivity index (χ1v) is 11.9. The molecule has 2 aliphatic rings. The van der Waals surface area contributed by atoms with Crippen LogP contribution >= 0.6 is 0 Å². The molecule has 0 saturated carbocycles. The van der Waals surface area contributed by atoms with Crippen LogP contribution in [0.5, 0.6) is 0 Å². The van der Waals surface area contributed by atoms with E-state index in [1.54, 1.807) is 20.8 Å². The first kappa shape index (κ1) is 27.5. The normalized spacial score (nSPS) is 21.4. The number of ketones is 2. The van der Waals surface area contributed by atoms with Crippen LogP contribution in [0.15, 0.2) is 30.3 Å². The molecule has 0 aromatic heterocycles. The van der Waals surface area contributed by atoms with E-state index < -0.39 is 23.6 Å². The minimum atomic E-state index is -0.892. The van der Waals surface area contributed by atoms with E-state index in [4.69, 9.17) is 4.74 Å². The number of piperidine rings is 2. The summed E-state index contributed by atoms with van der Waals surface area (Å²) in [7, 11) is 1.22. The lowest BCUT2D eigenvalue weighted by molar-refractivity contribution is -0.151. The van der Waals surface area contributed by atoms with Gasteiger partial charge in [0.15, 0.2) is 5.78 Å². The van der Waals surface area contributed by atoms with Crippen molar-refractivity contribution < 1.29 is 28.7 Å². The van der Waals surface area contributed by atoms with Gasteiger partial charge in [-0.1, -0.05) is 37.3 Å². The Morgan fingerprint density at radius 3 is 2.24 bits per heavy atom. The fourth-order valence-corrected chi connectivity index (χ4v) is 3.99. The van der Waals surface area contributed by atoms with Crippen LogP contribution in [0.3, 0.4) is 0 Å². The molecule has 34 heavy (non-hydrogen) atoms. The Bertz CT molecular complexity index is 841. The van der Waals surface area contributed by atoms with Crippen molar-refractivity contribution in [3.05, 3.63) is 35.9 Å². The first-order chi connectivity index (χ1) is 16.0. The zero-order chi connectivity index (χ0) is 25.3. The maximum Gasteiger partial charge on any atom is 0.410 e. The van der Waals surface area contributed by atoms with E-state index in [9.17, 15) is 19.2 Å². The van der Waals surface area contributed by atoms with E-state index in [-0.39, 0.29) is 31.2 Å². The molecule has 8 nitrogen and oxygen atoms in total. The van der Waals surface area contributed by atoms with Crippen molar-refractivity contribution in [2.45, 2.75) is 59.1 Å². The van der Waals surface area contributed by atoms with Gasteiger partial charge in [-0.25, -0.2) is 4.79 Å². The summed E-state index contributed by atoms with van der Waals surface area (Å²) in [5.41, 5.74) is 0.742. The number of Topliss-reactive ketones (excluding diaryl/α,β-unsaturated/α-hetero) is 2. The number of carbonyl (C=O) groups is 4. The Kier molecular flexibility index (Phi) is 10.2. The second-order valence-electron chi connectivity index (χ2n) is 9.76. The Labute approximate surface area is 202 Å². The minimum Gasteiger partial charge on any atom is -0.468 e. The third-order valence-electron chi connectivity index (χ3n) is 5.91. The van der Waals surface area contributed by atoms with Crippen LogP contribution in [0.2, 0.25) is 0 Å². The highest BCUT2D eigenvalue weighted by atomic mass is 16.6. The van der Waals surface area contributed by atoms with Gasteiger partial charge in [-0.2, -0.15) is 0 Å². The van der Waals surface area contributed by atoms with Crippen LogP contribution in [0.1, 0.15) is 52.5 Å². The van der Waals surface area contributed by atoms with Crippen molar-refractivity contribution in [1.82, 2.24) is 9.80 Å². The number of nitrogens with zero attached hydrogens (tertiary/aromatic N) is 2. The van der Waals surface area contributed by atoms with Gasteiger partial charge in [-0.05, 0) is 32.8 Å². The van der Waals surface area contributed by atoms with Crippen molar-refractivity contribution in [2.75, 3.05) is 33.3 Å². The first-order valence-electron chi connectivity index (χ1n) is 11.9. The van der Waals surface area contributed by atoms with Gasteiger partial charge in [0, 0.05) is 51.5 Å². The highest BCUT2D eigenvalue weighted by Crippen LogP contribution is 2.19. The second-order valence-corrected chi connectivity index (χ2v) is 9.76. The van der Waals surface area contributed by atoms with Crippen molar-refractivity contribution >= 4 is 23.6 Å². The number of ether oxygens (including phenoxy) is 2. The molecular formula is C26H38N2O6. The summed E-state index contributed by atoms with van der Waals surface area (Å²) in [6.07, 6.45) is 1.35. The average molecular weight is 475 g/mol. The Morgan fingerprint density at radius 2 is 1.65 bits per heavy atom. The summed E-state index contributed by atoms with van der Waals surface area (Å²) >= 11 is 0. The summed E-state index contributed by atoms with van der Waals surface area (Å²) in [6.45, 7) is 10.5. The van der Waals surface area contributed by atoms with Crippen molar-refractivity contribution in [3.63, 3.8) is 0 Å². The van der Waals surface area contributed by atoms with Crippen molar-refractivity contribution in [2.24, 2.45) is 11.8 Å². The highest BCUT2D eigenvalue weighted by molar-refractivity contribution is 6.00. The molecule has 2 saturated heterocycles. The average Bonchev–Trinajstić information content (AvgIpc) is 2.80. The highest BCUT2D eigenvalue weighted by Gasteiger charge is 2.37.